The predicted octanol–water partition coefficient (Wildman–Crippen LogP) is -0.107. The lowest BCUT2D eigenvalue weighted by atomic mass is 9.85. The topological polar surface area (TPSA) is 100 Å². The highest BCUT2D eigenvalue weighted by Gasteiger charge is 2.35. The molecule has 0 saturated heterocycles. The van der Waals surface area contributed by atoms with Gasteiger partial charge in [0.15, 0.2) is 0 Å². The van der Waals surface area contributed by atoms with Crippen LogP contribution < -0.4 is 5.32 Å². The summed E-state index contributed by atoms with van der Waals surface area (Å²) in [5, 5.41) is 15.8. The number of amides is 1. The van der Waals surface area contributed by atoms with Crippen molar-refractivity contribution in [2.45, 2.75) is 44.8 Å². The van der Waals surface area contributed by atoms with Crippen LogP contribution in [0.5, 0.6) is 0 Å². The van der Waals surface area contributed by atoms with E-state index < -0.39 is 12.0 Å². The second-order valence-electron chi connectivity index (χ2n) is 5.34. The highest BCUT2D eigenvalue weighted by Crippen LogP contribution is 2.26. The number of carbonyl (C=O) groups is 2. The fraction of sp³-hybridized carbons (Fsp3) is 0.692. The Labute approximate surface area is 123 Å². The highest BCUT2D eigenvalue weighted by atomic mass is 16.4. The second-order valence-corrected chi connectivity index (χ2v) is 5.34. The molecule has 2 rings (SSSR count). The van der Waals surface area contributed by atoms with Crippen molar-refractivity contribution in [3.63, 3.8) is 0 Å². The van der Waals surface area contributed by atoms with Gasteiger partial charge in [0.2, 0.25) is 5.91 Å². The molecular weight excluding hydrogens is 274 g/mol. The van der Waals surface area contributed by atoms with Gasteiger partial charge < -0.3 is 10.4 Å². The molecule has 0 radical (unpaired) electrons. The molecule has 1 heterocycles. The van der Waals surface area contributed by atoms with Gasteiger partial charge in [-0.25, -0.2) is 9.67 Å². The molecule has 0 aromatic carbocycles. The lowest BCUT2D eigenvalue weighted by Crippen LogP contribution is -2.55. The molecule has 1 atom stereocenters. The number of aromatic nitrogens is 3. The van der Waals surface area contributed by atoms with E-state index >= 15 is 0 Å². The Morgan fingerprint density at radius 2 is 2.24 bits per heavy atom. The summed E-state index contributed by atoms with van der Waals surface area (Å²) >= 11 is 0. The Kier molecular flexibility index (Phi) is 4.89. The summed E-state index contributed by atoms with van der Waals surface area (Å²) in [5.74, 6) is -0.908. The standard InChI is InChI=1S/C13H21N5O3/c1-3-17(6-12(19)20)11-4-10(5-11)16-13(21)9(2)18-8-14-7-15-18/h7-11H,3-6H2,1-2H3,(H,16,21)(H,19,20). The van der Waals surface area contributed by atoms with Gasteiger partial charge in [0, 0.05) is 12.1 Å². The van der Waals surface area contributed by atoms with E-state index in [0.717, 1.165) is 12.8 Å². The minimum absolute atomic E-state index is 0.0528. The van der Waals surface area contributed by atoms with Gasteiger partial charge in [0.1, 0.15) is 18.7 Å². The van der Waals surface area contributed by atoms with Crippen LogP contribution in [-0.4, -0.2) is 61.8 Å². The first kappa shape index (κ1) is 15.4. The molecule has 1 aromatic heterocycles. The Bertz CT molecular complexity index is 484. The van der Waals surface area contributed by atoms with Gasteiger partial charge in [-0.15, -0.1) is 0 Å². The molecule has 8 nitrogen and oxygen atoms in total. The van der Waals surface area contributed by atoms with Crippen molar-refractivity contribution >= 4 is 11.9 Å². The normalized spacial score (nSPS) is 22.6. The van der Waals surface area contributed by atoms with E-state index in [1.807, 2.05) is 11.8 Å². The number of likely N-dealkylation sites (N-methyl/N-ethyl adjacent to an activating group) is 1. The minimum atomic E-state index is -0.816. The number of rotatable bonds is 7. The first-order chi connectivity index (χ1) is 10.0. The number of nitrogens with zero attached hydrogens (tertiary/aromatic N) is 4. The molecule has 0 spiro atoms. The van der Waals surface area contributed by atoms with Crippen molar-refractivity contribution in [2.24, 2.45) is 0 Å². The van der Waals surface area contributed by atoms with Gasteiger partial charge in [-0.1, -0.05) is 6.92 Å². The zero-order valence-electron chi connectivity index (χ0n) is 12.3. The van der Waals surface area contributed by atoms with E-state index in [2.05, 4.69) is 15.4 Å². The van der Waals surface area contributed by atoms with Crippen LogP contribution >= 0.6 is 0 Å². The molecule has 1 fully saturated rings. The third-order valence-corrected chi connectivity index (χ3v) is 3.93. The number of hydrogen-bond donors (Lipinski definition) is 2. The number of carboxylic acids is 1. The number of carbonyl (C=O) groups excluding carboxylic acids is 1. The maximum absolute atomic E-state index is 12.1. The number of hydrogen-bond acceptors (Lipinski definition) is 5. The molecule has 1 unspecified atom stereocenters. The van der Waals surface area contributed by atoms with Crippen LogP contribution in [0.25, 0.3) is 0 Å². The second kappa shape index (κ2) is 6.66. The van der Waals surface area contributed by atoms with Crippen molar-refractivity contribution in [3.8, 4) is 0 Å². The zero-order chi connectivity index (χ0) is 15.4. The quantitative estimate of drug-likeness (QED) is 0.728. The fourth-order valence-electron chi connectivity index (χ4n) is 2.54. The maximum Gasteiger partial charge on any atom is 0.317 e. The number of aliphatic carboxylic acids is 1. The summed E-state index contributed by atoms with van der Waals surface area (Å²) in [6, 6.07) is -0.0535. The molecule has 116 valence electrons. The van der Waals surface area contributed by atoms with Crippen LogP contribution in [-0.2, 0) is 9.59 Å². The summed E-state index contributed by atoms with van der Waals surface area (Å²) < 4.78 is 1.51. The van der Waals surface area contributed by atoms with E-state index in [9.17, 15) is 9.59 Å². The van der Waals surface area contributed by atoms with Crippen LogP contribution in [0.1, 0.15) is 32.7 Å². The fourth-order valence-corrected chi connectivity index (χ4v) is 2.54. The van der Waals surface area contributed by atoms with Gasteiger partial charge in [-0.2, -0.15) is 5.10 Å². The van der Waals surface area contributed by atoms with Crippen LogP contribution in [0.3, 0.4) is 0 Å². The SMILES string of the molecule is CCN(CC(=O)O)C1CC(NC(=O)C(C)n2cncn2)C1. The molecule has 2 N–H and O–H groups in total. The largest absolute Gasteiger partial charge is 0.480 e. The van der Waals surface area contributed by atoms with Gasteiger partial charge in [-0.3, -0.25) is 14.5 Å². The minimum Gasteiger partial charge on any atom is -0.480 e. The molecule has 21 heavy (non-hydrogen) atoms. The number of carboxylic acid groups (broad SMARTS) is 1. The summed E-state index contributed by atoms with van der Waals surface area (Å²) in [4.78, 5) is 28.6. The summed E-state index contributed by atoms with van der Waals surface area (Å²) in [7, 11) is 0. The molecule has 1 aliphatic carbocycles. The molecule has 1 aliphatic rings. The van der Waals surface area contributed by atoms with Crippen LogP contribution in [0.15, 0.2) is 12.7 Å². The number of nitrogens with one attached hydrogen (secondary N) is 1. The van der Waals surface area contributed by atoms with Crippen molar-refractivity contribution in [1.82, 2.24) is 25.0 Å². The molecule has 8 heteroatoms. The van der Waals surface area contributed by atoms with Gasteiger partial charge in [-0.05, 0) is 26.3 Å². The van der Waals surface area contributed by atoms with Crippen molar-refractivity contribution in [3.05, 3.63) is 12.7 Å². The summed E-state index contributed by atoms with van der Waals surface area (Å²) in [6.07, 6.45) is 4.49. The monoisotopic (exact) mass is 295 g/mol. The molecule has 1 amide bonds. The van der Waals surface area contributed by atoms with Gasteiger partial charge in [0.05, 0.1) is 6.54 Å². The first-order valence-corrected chi connectivity index (χ1v) is 7.11. The maximum atomic E-state index is 12.1. The molecule has 1 aromatic rings. The lowest BCUT2D eigenvalue weighted by Gasteiger charge is -2.42. The van der Waals surface area contributed by atoms with Crippen LogP contribution in [0.2, 0.25) is 0 Å². The molecule has 0 aliphatic heterocycles. The first-order valence-electron chi connectivity index (χ1n) is 7.11. The van der Waals surface area contributed by atoms with Gasteiger partial charge >= 0.3 is 5.97 Å². The highest BCUT2D eigenvalue weighted by molar-refractivity contribution is 5.80. The average Bonchev–Trinajstić information content (AvgIpc) is 2.92. The van der Waals surface area contributed by atoms with Crippen LogP contribution in [0.4, 0.5) is 0 Å². The van der Waals surface area contributed by atoms with Gasteiger partial charge in [0.25, 0.3) is 0 Å². The Morgan fingerprint density at radius 3 is 2.76 bits per heavy atom. The molecular formula is C13H21N5O3. The Hall–Kier alpha value is -1.96. The van der Waals surface area contributed by atoms with E-state index in [1.165, 1.54) is 17.3 Å². The smallest absolute Gasteiger partial charge is 0.317 e. The van der Waals surface area contributed by atoms with Crippen molar-refractivity contribution in [1.29, 1.82) is 0 Å². The third-order valence-electron chi connectivity index (χ3n) is 3.93. The Morgan fingerprint density at radius 1 is 1.52 bits per heavy atom. The Balaban J connectivity index is 1.77. The summed E-state index contributed by atoms with van der Waals surface area (Å²) in [5.41, 5.74) is 0. The van der Waals surface area contributed by atoms with Crippen LogP contribution in [0, 0.1) is 0 Å². The third kappa shape index (κ3) is 3.78. The average molecular weight is 295 g/mol. The zero-order valence-corrected chi connectivity index (χ0v) is 12.3. The van der Waals surface area contributed by atoms with E-state index in [1.54, 1.807) is 6.92 Å². The molecule has 0 bridgehead atoms. The van der Waals surface area contributed by atoms with Crippen molar-refractivity contribution in [2.75, 3.05) is 13.1 Å². The van der Waals surface area contributed by atoms with E-state index in [0.29, 0.717) is 6.54 Å². The van der Waals surface area contributed by atoms with E-state index in [4.69, 9.17) is 5.11 Å². The predicted molar refractivity (Wildman–Crippen MR) is 74.6 cm³/mol. The molecule has 1 saturated carbocycles. The lowest BCUT2D eigenvalue weighted by molar-refractivity contribution is -0.140. The van der Waals surface area contributed by atoms with Crippen molar-refractivity contribution < 1.29 is 14.7 Å². The summed E-state index contributed by atoms with van der Waals surface area (Å²) in [6.45, 7) is 4.47. The van der Waals surface area contributed by atoms with E-state index in [-0.39, 0.29) is 24.5 Å².